The fourth-order valence-electron chi connectivity index (χ4n) is 3.25. The summed E-state index contributed by atoms with van der Waals surface area (Å²) in [5, 5.41) is 14.7. The first-order chi connectivity index (χ1) is 13.4. The van der Waals surface area contributed by atoms with Crippen molar-refractivity contribution < 1.29 is 19.2 Å². The van der Waals surface area contributed by atoms with Gasteiger partial charge in [0, 0.05) is 25.6 Å². The van der Waals surface area contributed by atoms with Gasteiger partial charge in [0.15, 0.2) is 0 Å². The lowest BCUT2D eigenvalue weighted by molar-refractivity contribution is -0.568. The third-order valence-electron chi connectivity index (χ3n) is 4.77. The molecule has 0 spiro atoms. The Balaban J connectivity index is 1.76. The molecule has 8 nitrogen and oxygen atoms in total. The quantitative estimate of drug-likeness (QED) is 0.426. The van der Waals surface area contributed by atoms with Gasteiger partial charge in [-0.05, 0) is 30.3 Å². The first kappa shape index (κ1) is 17.7. The summed E-state index contributed by atoms with van der Waals surface area (Å²) in [5.41, 5.74) is 5.98. The molecule has 0 radical (unpaired) electrons. The molecule has 0 saturated carbocycles. The Hall–Kier alpha value is -3.70. The molecule has 2 aromatic heterocycles. The van der Waals surface area contributed by atoms with Crippen LogP contribution >= 0.6 is 0 Å². The van der Waals surface area contributed by atoms with Crippen molar-refractivity contribution in [3.8, 4) is 23.2 Å². The highest BCUT2D eigenvalue weighted by Crippen LogP contribution is 2.22. The Morgan fingerprint density at radius 3 is 2.93 bits per heavy atom. The van der Waals surface area contributed by atoms with Gasteiger partial charge in [-0.3, -0.25) is 9.59 Å². The number of H-pyrrole nitrogens is 1. The van der Waals surface area contributed by atoms with Crippen LogP contribution < -0.4 is 10.2 Å². The summed E-state index contributed by atoms with van der Waals surface area (Å²) in [6, 6.07) is 10.7. The van der Waals surface area contributed by atoms with Crippen molar-refractivity contribution in [1.29, 1.82) is 0 Å². The highest BCUT2D eigenvalue weighted by Gasteiger charge is 2.42. The number of hydrogen-bond donors (Lipinski definition) is 3. The van der Waals surface area contributed by atoms with E-state index in [2.05, 4.69) is 21.9 Å². The number of nitrogens with zero attached hydrogens (tertiary/aromatic N) is 3. The molecular formula is C20H18N5O3+. The number of carbonyl (C=O) groups excluding carboxylic acids is 2. The largest absolute Gasteiger partial charge is 0.369 e. The van der Waals surface area contributed by atoms with E-state index in [1.807, 2.05) is 6.07 Å². The van der Waals surface area contributed by atoms with Gasteiger partial charge in [0.25, 0.3) is 11.8 Å². The molecule has 0 aliphatic carbocycles. The van der Waals surface area contributed by atoms with Crippen LogP contribution in [0.1, 0.15) is 22.5 Å². The lowest BCUT2D eigenvalue weighted by Gasteiger charge is -2.13. The lowest BCUT2D eigenvalue weighted by atomic mass is 10.0. The predicted octanol–water partition coefficient (Wildman–Crippen LogP) is -0.141. The number of likely N-dealkylation sites (N-methyl/N-ethyl adjacent to an activating group) is 1. The van der Waals surface area contributed by atoms with Crippen LogP contribution in [0.2, 0.25) is 0 Å². The molecule has 1 aliphatic rings. The summed E-state index contributed by atoms with van der Waals surface area (Å²) in [6.45, 7) is 0.469. The number of rotatable bonds is 2. The van der Waals surface area contributed by atoms with Gasteiger partial charge in [-0.2, -0.15) is 0 Å². The number of aromatic nitrogens is 3. The van der Waals surface area contributed by atoms with E-state index in [1.165, 1.54) is 4.90 Å². The third kappa shape index (κ3) is 2.88. The Bertz CT molecular complexity index is 1170. The van der Waals surface area contributed by atoms with Crippen molar-refractivity contribution in [2.45, 2.75) is 12.0 Å². The molecule has 4 rings (SSSR count). The molecule has 8 heteroatoms. The molecule has 0 unspecified atom stereocenters. The Kier molecular flexibility index (Phi) is 4.09. The summed E-state index contributed by atoms with van der Waals surface area (Å²) in [7, 11) is 1.64. The second-order valence-corrected chi connectivity index (χ2v) is 6.70. The van der Waals surface area contributed by atoms with Crippen molar-refractivity contribution in [1.82, 2.24) is 15.0 Å². The molecule has 1 saturated heterocycles. The molecule has 1 atom stereocenters. The Labute approximate surface area is 160 Å². The maximum absolute atomic E-state index is 12.1. The Morgan fingerprint density at radius 2 is 2.21 bits per heavy atom. The molecule has 140 valence electrons. The van der Waals surface area contributed by atoms with Gasteiger partial charge in [-0.1, -0.05) is 27.5 Å². The van der Waals surface area contributed by atoms with E-state index in [0.29, 0.717) is 23.4 Å². The minimum Gasteiger partial charge on any atom is -0.369 e. The van der Waals surface area contributed by atoms with Crippen molar-refractivity contribution in [2.24, 2.45) is 5.73 Å². The number of amides is 2. The molecule has 0 bridgehead atoms. The number of aliphatic hydroxyl groups is 1. The zero-order valence-electron chi connectivity index (χ0n) is 15.1. The number of imidazole rings is 1. The molecule has 3 heterocycles. The van der Waals surface area contributed by atoms with Crippen LogP contribution in [0, 0.1) is 11.8 Å². The van der Waals surface area contributed by atoms with Gasteiger partial charge in [-0.25, -0.2) is 4.98 Å². The van der Waals surface area contributed by atoms with E-state index < -0.39 is 17.4 Å². The van der Waals surface area contributed by atoms with Gasteiger partial charge in [0.1, 0.15) is 0 Å². The molecule has 1 fully saturated rings. The number of nitrogens with two attached hydrogens (primary N) is 1. The van der Waals surface area contributed by atoms with Crippen LogP contribution in [0.3, 0.4) is 0 Å². The van der Waals surface area contributed by atoms with E-state index in [4.69, 9.17) is 5.73 Å². The normalized spacial score (nSPS) is 18.9. The summed E-state index contributed by atoms with van der Waals surface area (Å²) in [6.07, 6.45) is 1.88. The van der Waals surface area contributed by atoms with Crippen LogP contribution in [-0.4, -0.2) is 51.1 Å². The summed E-state index contributed by atoms with van der Waals surface area (Å²) in [4.78, 5) is 28.3. The molecular weight excluding hydrogens is 358 g/mol. The summed E-state index contributed by atoms with van der Waals surface area (Å²) < 4.78 is 1.59. The monoisotopic (exact) mass is 376 g/mol. The minimum absolute atomic E-state index is 0.258. The zero-order chi connectivity index (χ0) is 19.9. The van der Waals surface area contributed by atoms with Gasteiger partial charge >= 0.3 is 5.82 Å². The van der Waals surface area contributed by atoms with Gasteiger partial charge in [0.05, 0.1) is 11.8 Å². The fourth-order valence-corrected chi connectivity index (χ4v) is 3.25. The molecule has 1 aliphatic heterocycles. The number of aromatic amines is 1. The molecule has 28 heavy (non-hydrogen) atoms. The second-order valence-electron chi connectivity index (χ2n) is 6.70. The van der Waals surface area contributed by atoms with E-state index in [9.17, 15) is 14.7 Å². The number of likely N-dealkylation sites (tertiary alicyclic amines) is 1. The van der Waals surface area contributed by atoms with Crippen molar-refractivity contribution >= 4 is 17.3 Å². The van der Waals surface area contributed by atoms with E-state index in [-0.39, 0.29) is 12.1 Å². The number of carbonyl (C=O) groups is 2. The van der Waals surface area contributed by atoms with Crippen LogP contribution in [0.25, 0.3) is 16.9 Å². The molecule has 4 N–H and O–H groups in total. The Morgan fingerprint density at radius 1 is 1.39 bits per heavy atom. The molecule has 2 amide bonds. The van der Waals surface area contributed by atoms with Crippen LogP contribution in [0.15, 0.2) is 42.6 Å². The molecule has 3 aromatic rings. The van der Waals surface area contributed by atoms with Gasteiger partial charge in [-0.15, -0.1) is 0 Å². The number of fused-ring (bicyclic) bond motifs is 1. The number of nitrogens with one attached hydrogen (secondary N) is 1. The van der Waals surface area contributed by atoms with Gasteiger partial charge in [0.2, 0.25) is 16.8 Å². The van der Waals surface area contributed by atoms with Crippen molar-refractivity contribution in [2.75, 3.05) is 13.6 Å². The zero-order valence-corrected chi connectivity index (χ0v) is 15.1. The maximum atomic E-state index is 12.1. The standard InChI is InChI=1S/C20H17N5O3/c1-24-11-9-20(28,19(24)27)8-7-13-4-2-5-14(12-13)18-23-16(17(21)26)15-6-3-10-22-25(15)18/h2-6,10,12,28H,9,11H2,1H3,(H2,21,26)/p+1/t20-/m0/s1. The lowest BCUT2D eigenvalue weighted by Crippen LogP contribution is -2.37. The predicted molar refractivity (Wildman–Crippen MR) is 99.8 cm³/mol. The first-order valence-electron chi connectivity index (χ1n) is 8.69. The first-order valence-corrected chi connectivity index (χ1v) is 8.69. The van der Waals surface area contributed by atoms with Gasteiger partial charge < -0.3 is 15.7 Å². The van der Waals surface area contributed by atoms with E-state index >= 15 is 0 Å². The molecule has 1 aromatic carbocycles. The second kappa shape index (κ2) is 6.48. The number of primary amides is 1. The van der Waals surface area contributed by atoms with Crippen molar-refractivity contribution in [3.05, 3.63) is 53.9 Å². The maximum Gasteiger partial charge on any atom is 0.313 e. The van der Waals surface area contributed by atoms with Crippen LogP contribution in [-0.2, 0) is 4.79 Å². The minimum atomic E-state index is -1.65. The highest BCUT2D eigenvalue weighted by atomic mass is 16.3. The smallest absolute Gasteiger partial charge is 0.313 e. The number of benzene rings is 1. The number of hydrogen-bond acceptors (Lipinski definition) is 4. The van der Waals surface area contributed by atoms with E-state index in [1.54, 1.807) is 48.1 Å². The van der Waals surface area contributed by atoms with Crippen LogP contribution in [0.5, 0.6) is 0 Å². The summed E-state index contributed by atoms with van der Waals surface area (Å²) in [5.74, 6) is 5.18. The fraction of sp³-hybridized carbons (Fsp3) is 0.200. The summed E-state index contributed by atoms with van der Waals surface area (Å²) >= 11 is 0. The third-order valence-corrected chi connectivity index (χ3v) is 4.77. The SMILES string of the molecule is CN1CC[C@@](O)(C#Cc2cccc(-c3[nH]c(C(N)=O)c4cccn[n+]34)c2)C1=O. The average molecular weight is 376 g/mol. The average Bonchev–Trinajstić information content (AvgIpc) is 3.21. The van der Waals surface area contributed by atoms with Crippen LogP contribution in [0.4, 0.5) is 0 Å². The van der Waals surface area contributed by atoms with Crippen molar-refractivity contribution in [3.63, 3.8) is 0 Å². The highest BCUT2D eigenvalue weighted by molar-refractivity contribution is 5.97. The van der Waals surface area contributed by atoms with E-state index in [0.717, 1.165) is 5.56 Å². The topological polar surface area (TPSA) is 116 Å².